The molecular formula is C20H28BNO5. The van der Waals surface area contributed by atoms with Crippen LogP contribution in [0.25, 0.3) is 6.08 Å². The average Bonchev–Trinajstić information content (AvgIpc) is 2.78. The summed E-state index contributed by atoms with van der Waals surface area (Å²) in [6, 6.07) is 5.48. The molecule has 1 fully saturated rings. The van der Waals surface area contributed by atoms with Crippen LogP contribution < -0.4 is 5.32 Å². The Morgan fingerprint density at radius 2 is 1.78 bits per heavy atom. The molecule has 0 aromatic heterocycles. The summed E-state index contributed by atoms with van der Waals surface area (Å²) in [6.07, 6.45) is 1.83. The first-order valence-corrected chi connectivity index (χ1v) is 8.96. The number of hydrogen-bond donors (Lipinski definition) is 1. The molecule has 27 heavy (non-hydrogen) atoms. The molecule has 1 N–H and O–H groups in total. The molecule has 1 amide bonds. The first-order chi connectivity index (χ1) is 12.5. The fourth-order valence-electron chi connectivity index (χ4n) is 2.72. The fraction of sp³-hybridized carbons (Fsp3) is 0.500. The number of ether oxygens (including phenoxy) is 1. The molecule has 1 aliphatic heterocycles. The number of amides is 1. The van der Waals surface area contributed by atoms with Crippen LogP contribution in [-0.4, -0.2) is 43.9 Å². The molecule has 0 unspecified atom stereocenters. The molecule has 1 aliphatic rings. The van der Waals surface area contributed by atoms with Crippen molar-refractivity contribution in [3.05, 3.63) is 40.4 Å². The van der Waals surface area contributed by atoms with E-state index >= 15 is 0 Å². The largest absolute Gasteiger partial charge is 0.492 e. The van der Waals surface area contributed by atoms with Gasteiger partial charge in [-0.3, -0.25) is 4.79 Å². The Kier molecular flexibility index (Phi) is 6.17. The SMILES string of the molecule is COC(=O)c1ccc(C)cc1C=C(CNC(C)=O)B1OC(C)(C)C(C)(C)O1. The maximum Gasteiger partial charge on any atom is 0.492 e. The van der Waals surface area contributed by atoms with Gasteiger partial charge >= 0.3 is 13.1 Å². The Bertz CT molecular complexity index is 754. The number of aryl methyl sites for hydroxylation is 1. The highest BCUT2D eigenvalue weighted by atomic mass is 16.7. The van der Waals surface area contributed by atoms with Crippen molar-refractivity contribution in [3.8, 4) is 0 Å². The first kappa shape index (κ1) is 21.2. The molecule has 0 atom stereocenters. The number of methoxy groups -OCH3 is 1. The van der Waals surface area contributed by atoms with Crippen LogP contribution in [0.2, 0.25) is 0 Å². The lowest BCUT2D eigenvalue weighted by atomic mass is 9.76. The Hall–Kier alpha value is -2.12. The van der Waals surface area contributed by atoms with Crippen molar-refractivity contribution in [1.29, 1.82) is 0 Å². The smallest absolute Gasteiger partial charge is 0.465 e. The summed E-state index contributed by atoms with van der Waals surface area (Å²) in [6.45, 7) is 11.5. The highest BCUT2D eigenvalue weighted by Gasteiger charge is 2.52. The normalized spacial score (nSPS) is 18.3. The molecule has 0 aliphatic carbocycles. The van der Waals surface area contributed by atoms with Crippen LogP contribution in [0.5, 0.6) is 0 Å². The fourth-order valence-corrected chi connectivity index (χ4v) is 2.72. The minimum atomic E-state index is -0.632. The Morgan fingerprint density at radius 3 is 2.30 bits per heavy atom. The second-order valence-electron chi connectivity index (χ2n) is 7.80. The lowest BCUT2D eigenvalue weighted by Crippen LogP contribution is -2.41. The van der Waals surface area contributed by atoms with Crippen LogP contribution >= 0.6 is 0 Å². The minimum Gasteiger partial charge on any atom is -0.465 e. The number of esters is 1. The van der Waals surface area contributed by atoms with E-state index in [1.807, 2.05) is 52.8 Å². The molecular weight excluding hydrogens is 345 g/mol. The van der Waals surface area contributed by atoms with E-state index in [1.165, 1.54) is 14.0 Å². The number of hydrogen-bond acceptors (Lipinski definition) is 5. The van der Waals surface area contributed by atoms with Gasteiger partial charge in [0, 0.05) is 13.5 Å². The van der Waals surface area contributed by atoms with E-state index in [0.717, 1.165) is 11.0 Å². The molecule has 1 heterocycles. The summed E-state index contributed by atoms with van der Waals surface area (Å²) in [4.78, 5) is 23.6. The highest BCUT2D eigenvalue weighted by molar-refractivity contribution is 6.56. The second kappa shape index (κ2) is 7.86. The molecule has 0 saturated carbocycles. The maximum absolute atomic E-state index is 12.1. The minimum absolute atomic E-state index is 0.158. The molecule has 1 aromatic carbocycles. The Morgan fingerprint density at radius 1 is 1.19 bits per heavy atom. The van der Waals surface area contributed by atoms with E-state index in [2.05, 4.69) is 5.32 Å². The van der Waals surface area contributed by atoms with Gasteiger partial charge in [0.1, 0.15) is 0 Å². The van der Waals surface area contributed by atoms with Crippen molar-refractivity contribution in [2.24, 2.45) is 0 Å². The van der Waals surface area contributed by atoms with E-state index < -0.39 is 24.3 Å². The molecule has 0 bridgehead atoms. The predicted molar refractivity (Wildman–Crippen MR) is 105 cm³/mol. The number of carbonyl (C=O) groups excluding carboxylic acids is 2. The van der Waals surface area contributed by atoms with Gasteiger partial charge in [0.05, 0.1) is 23.9 Å². The third-order valence-corrected chi connectivity index (χ3v) is 5.05. The van der Waals surface area contributed by atoms with Gasteiger partial charge in [-0.2, -0.15) is 0 Å². The zero-order valence-electron chi connectivity index (χ0n) is 17.1. The Labute approximate surface area is 161 Å². The standard InChI is InChI=1S/C20H28BNO5/c1-13-8-9-17(18(24)25-7)15(10-13)11-16(12-22-14(2)23)21-26-19(3,4)20(5,6)27-21/h8-11H,12H2,1-7H3,(H,22,23). The van der Waals surface area contributed by atoms with Crippen molar-refractivity contribution < 1.29 is 23.6 Å². The average molecular weight is 373 g/mol. The van der Waals surface area contributed by atoms with Gasteiger partial charge in [-0.25, -0.2) is 4.79 Å². The predicted octanol–water partition coefficient (Wildman–Crippen LogP) is 2.93. The van der Waals surface area contributed by atoms with Crippen molar-refractivity contribution in [1.82, 2.24) is 5.32 Å². The number of benzene rings is 1. The third-order valence-electron chi connectivity index (χ3n) is 5.05. The highest BCUT2D eigenvalue weighted by Crippen LogP contribution is 2.38. The molecule has 6 nitrogen and oxygen atoms in total. The van der Waals surface area contributed by atoms with Gasteiger partial charge in [-0.15, -0.1) is 0 Å². The van der Waals surface area contributed by atoms with Gasteiger partial charge in [0.15, 0.2) is 0 Å². The molecule has 146 valence electrons. The maximum atomic E-state index is 12.1. The molecule has 1 aromatic rings. The van der Waals surface area contributed by atoms with E-state index in [1.54, 1.807) is 6.07 Å². The van der Waals surface area contributed by atoms with E-state index in [9.17, 15) is 9.59 Å². The quantitative estimate of drug-likeness (QED) is 0.635. The number of rotatable bonds is 5. The monoisotopic (exact) mass is 373 g/mol. The van der Waals surface area contributed by atoms with Crippen LogP contribution in [0.4, 0.5) is 0 Å². The number of carbonyl (C=O) groups is 2. The number of nitrogens with one attached hydrogen (secondary N) is 1. The van der Waals surface area contributed by atoms with Crippen LogP contribution in [0.1, 0.15) is 56.1 Å². The van der Waals surface area contributed by atoms with Gasteiger partial charge in [-0.05, 0) is 51.7 Å². The summed E-state index contributed by atoms with van der Waals surface area (Å²) in [5.41, 5.74) is 1.84. The summed E-state index contributed by atoms with van der Waals surface area (Å²) < 4.78 is 17.1. The van der Waals surface area contributed by atoms with Crippen molar-refractivity contribution in [3.63, 3.8) is 0 Å². The molecule has 7 heteroatoms. The summed E-state index contributed by atoms with van der Waals surface area (Å²) in [7, 11) is 0.718. The van der Waals surface area contributed by atoms with Crippen LogP contribution in [0.15, 0.2) is 23.7 Å². The topological polar surface area (TPSA) is 73.9 Å². The molecule has 0 radical (unpaired) electrons. The third kappa shape index (κ3) is 4.79. The van der Waals surface area contributed by atoms with E-state index in [4.69, 9.17) is 14.0 Å². The summed E-state index contributed by atoms with van der Waals surface area (Å²) in [5.74, 6) is -0.580. The van der Waals surface area contributed by atoms with E-state index in [-0.39, 0.29) is 12.5 Å². The van der Waals surface area contributed by atoms with Crippen molar-refractivity contribution in [2.75, 3.05) is 13.7 Å². The van der Waals surface area contributed by atoms with Crippen LogP contribution in [0, 0.1) is 6.92 Å². The van der Waals surface area contributed by atoms with Gasteiger partial charge in [-0.1, -0.05) is 23.8 Å². The van der Waals surface area contributed by atoms with Crippen molar-refractivity contribution in [2.45, 2.75) is 52.7 Å². The van der Waals surface area contributed by atoms with Crippen LogP contribution in [-0.2, 0) is 18.8 Å². The zero-order chi connectivity index (χ0) is 20.4. The lowest BCUT2D eigenvalue weighted by Gasteiger charge is -2.32. The molecule has 2 rings (SSSR count). The van der Waals surface area contributed by atoms with Gasteiger partial charge in [0.25, 0.3) is 0 Å². The second-order valence-corrected chi connectivity index (χ2v) is 7.80. The van der Waals surface area contributed by atoms with Crippen LogP contribution in [0.3, 0.4) is 0 Å². The molecule has 1 saturated heterocycles. The van der Waals surface area contributed by atoms with Gasteiger partial charge in [0.2, 0.25) is 5.91 Å². The Balaban J connectivity index is 2.48. The molecule has 0 spiro atoms. The zero-order valence-corrected chi connectivity index (χ0v) is 17.1. The van der Waals surface area contributed by atoms with E-state index in [0.29, 0.717) is 11.1 Å². The summed E-state index contributed by atoms with van der Waals surface area (Å²) >= 11 is 0. The lowest BCUT2D eigenvalue weighted by molar-refractivity contribution is -0.118. The van der Waals surface area contributed by atoms with Gasteiger partial charge < -0.3 is 19.4 Å². The first-order valence-electron chi connectivity index (χ1n) is 8.96. The van der Waals surface area contributed by atoms with Crippen molar-refractivity contribution >= 4 is 25.1 Å². The summed E-state index contributed by atoms with van der Waals surface area (Å²) in [5, 5.41) is 2.79.